The minimum absolute atomic E-state index is 0.0794. The molecule has 15 heavy (non-hydrogen) atoms. The molecule has 0 aliphatic rings. The van der Waals surface area contributed by atoms with Crippen molar-refractivity contribution in [1.29, 1.82) is 5.26 Å². The van der Waals surface area contributed by atoms with Gasteiger partial charge >= 0.3 is 6.18 Å². The first kappa shape index (κ1) is 11.7. The monoisotopic (exact) mass is 235 g/mol. The van der Waals surface area contributed by atoms with Crippen molar-refractivity contribution in [2.24, 2.45) is 0 Å². The molecule has 0 radical (unpaired) electrons. The van der Waals surface area contributed by atoms with E-state index in [0.29, 0.717) is 0 Å². The van der Waals surface area contributed by atoms with Crippen LogP contribution in [0.4, 0.5) is 13.2 Å². The second kappa shape index (κ2) is 4.41. The Kier molecular flexibility index (Phi) is 3.43. The summed E-state index contributed by atoms with van der Waals surface area (Å²) in [6, 6.07) is 4.27. The molecule has 2 nitrogen and oxygen atoms in total. The molecule has 0 aliphatic heterocycles. The zero-order valence-corrected chi connectivity index (χ0v) is 8.06. The van der Waals surface area contributed by atoms with Gasteiger partial charge in [0.1, 0.15) is 5.75 Å². The Bertz CT molecular complexity index is 397. The Hall–Kier alpha value is -1.41. The molecular weight excluding hydrogens is 231 g/mol. The maximum Gasteiger partial charge on any atom is 0.420 e. The first-order valence-corrected chi connectivity index (χ1v) is 4.32. The summed E-state index contributed by atoms with van der Waals surface area (Å²) >= 11 is 5.18. The van der Waals surface area contributed by atoms with Gasteiger partial charge < -0.3 is 4.74 Å². The summed E-state index contributed by atoms with van der Waals surface area (Å²) in [5.74, 6) is -0.378. The van der Waals surface area contributed by atoms with E-state index in [4.69, 9.17) is 16.9 Å². The highest BCUT2D eigenvalue weighted by Gasteiger charge is 2.34. The minimum Gasteiger partial charge on any atom is -0.477 e. The predicted molar refractivity (Wildman–Crippen MR) is 47.5 cm³/mol. The van der Waals surface area contributed by atoms with E-state index in [0.717, 1.165) is 12.1 Å². The van der Waals surface area contributed by atoms with Crippen molar-refractivity contribution >= 4 is 11.6 Å². The lowest BCUT2D eigenvalue weighted by Crippen LogP contribution is -2.08. The first-order valence-electron chi connectivity index (χ1n) is 3.79. The van der Waals surface area contributed by atoms with Gasteiger partial charge in [-0.15, -0.1) is 0 Å². The molecule has 1 aromatic carbocycles. The van der Waals surface area contributed by atoms with Gasteiger partial charge in [-0.05, 0) is 18.2 Å². The average molecular weight is 236 g/mol. The van der Waals surface area contributed by atoms with Crippen molar-refractivity contribution in [3.05, 3.63) is 29.3 Å². The minimum atomic E-state index is -4.56. The Morgan fingerprint density at radius 1 is 1.40 bits per heavy atom. The zero-order valence-electron chi connectivity index (χ0n) is 7.31. The van der Waals surface area contributed by atoms with Gasteiger partial charge in [0.25, 0.3) is 0 Å². The molecule has 0 saturated heterocycles. The fraction of sp³-hybridized carbons (Fsp3) is 0.222. The van der Waals surface area contributed by atoms with Gasteiger partial charge in [-0.1, -0.05) is 11.6 Å². The summed E-state index contributed by atoms with van der Waals surface area (Å²) in [6.45, 7) is 0. The number of alkyl halides is 4. The number of benzene rings is 1. The van der Waals surface area contributed by atoms with E-state index in [9.17, 15) is 13.2 Å². The van der Waals surface area contributed by atoms with E-state index in [-0.39, 0.29) is 17.4 Å². The van der Waals surface area contributed by atoms with Gasteiger partial charge in [0.05, 0.1) is 17.2 Å². The first-order chi connectivity index (χ1) is 6.99. The lowest BCUT2D eigenvalue weighted by molar-refractivity contribution is -0.138. The number of nitriles is 1. The van der Waals surface area contributed by atoms with Crippen LogP contribution >= 0.6 is 11.6 Å². The smallest absolute Gasteiger partial charge is 0.420 e. The number of halogens is 4. The molecule has 0 bridgehead atoms. The second-order valence-corrected chi connectivity index (χ2v) is 2.79. The van der Waals surface area contributed by atoms with Gasteiger partial charge in [-0.3, -0.25) is 0 Å². The quantitative estimate of drug-likeness (QED) is 0.738. The number of hydrogen-bond acceptors (Lipinski definition) is 2. The number of ether oxygens (including phenoxy) is 1. The molecule has 1 aromatic rings. The SMILES string of the molecule is N#Cc1ccc(OCCl)c(C(F)(F)F)c1. The van der Waals surface area contributed by atoms with Crippen molar-refractivity contribution in [2.45, 2.75) is 6.18 Å². The molecule has 6 heteroatoms. The van der Waals surface area contributed by atoms with Crippen molar-refractivity contribution in [1.82, 2.24) is 0 Å². The lowest BCUT2D eigenvalue weighted by Gasteiger charge is -2.12. The molecule has 80 valence electrons. The van der Waals surface area contributed by atoms with Gasteiger partial charge in [0.15, 0.2) is 6.07 Å². The molecule has 0 unspecified atom stereocenters. The Balaban J connectivity index is 3.24. The molecule has 0 aliphatic carbocycles. The van der Waals surface area contributed by atoms with Crippen molar-refractivity contribution in [3.63, 3.8) is 0 Å². The molecule has 0 heterocycles. The van der Waals surface area contributed by atoms with Gasteiger partial charge in [-0.25, -0.2) is 0 Å². The highest BCUT2D eigenvalue weighted by atomic mass is 35.5. The van der Waals surface area contributed by atoms with Crippen molar-refractivity contribution in [2.75, 3.05) is 6.07 Å². The highest BCUT2D eigenvalue weighted by Crippen LogP contribution is 2.36. The molecule has 0 N–H and O–H groups in total. The van der Waals surface area contributed by atoms with Crippen LogP contribution < -0.4 is 4.74 Å². The predicted octanol–water partition coefficient (Wildman–Crippen LogP) is 3.15. The van der Waals surface area contributed by atoms with Crippen LogP contribution in [-0.4, -0.2) is 6.07 Å². The van der Waals surface area contributed by atoms with Crippen molar-refractivity contribution < 1.29 is 17.9 Å². The molecule has 0 atom stereocenters. The maximum atomic E-state index is 12.5. The largest absolute Gasteiger partial charge is 0.477 e. The second-order valence-electron chi connectivity index (χ2n) is 2.57. The number of hydrogen-bond donors (Lipinski definition) is 0. The van der Waals surface area contributed by atoms with E-state index in [1.54, 1.807) is 6.07 Å². The normalized spacial score (nSPS) is 10.9. The van der Waals surface area contributed by atoms with E-state index < -0.39 is 11.7 Å². The Morgan fingerprint density at radius 3 is 2.53 bits per heavy atom. The molecule has 0 spiro atoms. The molecular formula is C9H5ClF3NO. The molecule has 0 fully saturated rings. The topological polar surface area (TPSA) is 33.0 Å². The molecule has 0 aromatic heterocycles. The third-order valence-corrected chi connectivity index (χ3v) is 1.73. The fourth-order valence-corrected chi connectivity index (χ4v) is 1.12. The molecule has 0 amide bonds. The van der Waals surface area contributed by atoms with E-state index >= 15 is 0 Å². The van der Waals surface area contributed by atoms with Crippen LogP contribution in [0.25, 0.3) is 0 Å². The summed E-state index contributed by atoms with van der Waals surface area (Å²) in [4.78, 5) is 0. The molecule has 0 saturated carbocycles. The molecule has 1 rings (SSSR count). The van der Waals surface area contributed by atoms with Gasteiger partial charge in [-0.2, -0.15) is 18.4 Å². The summed E-state index contributed by atoms with van der Waals surface area (Å²) in [7, 11) is 0. The summed E-state index contributed by atoms with van der Waals surface area (Å²) < 4.78 is 42.0. The Labute approximate surface area is 88.8 Å². The summed E-state index contributed by atoms with van der Waals surface area (Å²) in [5, 5.41) is 8.46. The third kappa shape index (κ3) is 2.77. The highest BCUT2D eigenvalue weighted by molar-refractivity contribution is 6.17. The van der Waals surface area contributed by atoms with Crippen LogP contribution in [-0.2, 0) is 6.18 Å². The van der Waals surface area contributed by atoms with Crippen LogP contribution in [0.2, 0.25) is 0 Å². The third-order valence-electron chi connectivity index (χ3n) is 1.62. The standard InChI is InChI=1S/C9H5ClF3NO/c10-5-15-8-2-1-6(4-14)3-7(8)9(11,12)13/h1-3H,5H2. The lowest BCUT2D eigenvalue weighted by atomic mass is 10.1. The zero-order chi connectivity index (χ0) is 11.5. The van der Waals surface area contributed by atoms with E-state index in [2.05, 4.69) is 4.74 Å². The van der Waals surface area contributed by atoms with E-state index in [1.165, 1.54) is 6.07 Å². The van der Waals surface area contributed by atoms with Crippen LogP contribution in [0.3, 0.4) is 0 Å². The number of nitrogens with zero attached hydrogens (tertiary/aromatic N) is 1. The fourth-order valence-electron chi connectivity index (χ4n) is 1.01. The summed E-state index contributed by atoms with van der Waals surface area (Å²) in [5.41, 5.74) is -1.08. The van der Waals surface area contributed by atoms with Crippen molar-refractivity contribution in [3.8, 4) is 11.8 Å². The summed E-state index contributed by atoms with van der Waals surface area (Å²) in [6.07, 6.45) is -4.56. The van der Waals surface area contributed by atoms with Crippen LogP contribution in [0, 0.1) is 11.3 Å². The Morgan fingerprint density at radius 2 is 2.07 bits per heavy atom. The van der Waals surface area contributed by atoms with Crippen LogP contribution in [0.1, 0.15) is 11.1 Å². The van der Waals surface area contributed by atoms with Crippen LogP contribution in [0.5, 0.6) is 5.75 Å². The number of rotatable bonds is 2. The van der Waals surface area contributed by atoms with Gasteiger partial charge in [0, 0.05) is 0 Å². The van der Waals surface area contributed by atoms with Gasteiger partial charge in [0.2, 0.25) is 0 Å². The van der Waals surface area contributed by atoms with E-state index in [1.807, 2.05) is 0 Å². The van der Waals surface area contributed by atoms with Crippen LogP contribution in [0.15, 0.2) is 18.2 Å². The average Bonchev–Trinajstić information content (AvgIpc) is 2.17. The maximum absolute atomic E-state index is 12.5.